The first kappa shape index (κ1) is 22.4. The van der Waals surface area contributed by atoms with Gasteiger partial charge in [0.1, 0.15) is 18.7 Å². The molecule has 2 fully saturated rings. The van der Waals surface area contributed by atoms with Gasteiger partial charge in [-0.05, 0) is 37.5 Å². The van der Waals surface area contributed by atoms with Gasteiger partial charge in [-0.2, -0.15) is 18.3 Å². The van der Waals surface area contributed by atoms with E-state index in [4.69, 9.17) is 0 Å². The maximum atomic E-state index is 13.0. The summed E-state index contributed by atoms with van der Waals surface area (Å²) in [6, 6.07) is 5.31. The lowest BCUT2D eigenvalue weighted by molar-refractivity contribution is -0.137. The molecular weight excluding hydrogens is 447 g/mol. The number of fused-ring (bicyclic) bond motifs is 1. The average molecular weight is 474 g/mol. The first-order chi connectivity index (χ1) is 16.4. The van der Waals surface area contributed by atoms with Crippen molar-refractivity contribution in [2.45, 2.75) is 32.0 Å². The van der Waals surface area contributed by atoms with Crippen molar-refractivity contribution in [2.75, 3.05) is 49.1 Å². The highest BCUT2D eigenvalue weighted by molar-refractivity contribution is 5.88. The largest absolute Gasteiger partial charge is 0.416 e. The van der Waals surface area contributed by atoms with E-state index in [1.165, 1.54) is 18.8 Å². The number of nitrogens with zero attached hydrogens (tertiary/aromatic N) is 7. The minimum atomic E-state index is -4.38. The fourth-order valence-corrected chi connectivity index (χ4v) is 4.68. The molecule has 5 rings (SSSR count). The fraction of sp³-hybridized carbons (Fsp3) is 0.478. The minimum Gasteiger partial charge on any atom is -0.368 e. The first-order valence-electron chi connectivity index (χ1n) is 11.5. The van der Waals surface area contributed by atoms with Crippen molar-refractivity contribution >= 4 is 28.4 Å². The lowest BCUT2D eigenvalue weighted by atomic mass is 10.1. The van der Waals surface area contributed by atoms with Gasteiger partial charge in [0, 0.05) is 45.0 Å². The van der Waals surface area contributed by atoms with E-state index < -0.39 is 11.7 Å². The molecule has 2 aromatic heterocycles. The van der Waals surface area contributed by atoms with E-state index in [0.717, 1.165) is 49.3 Å². The lowest BCUT2D eigenvalue weighted by Gasteiger charge is -2.36. The van der Waals surface area contributed by atoms with E-state index in [9.17, 15) is 18.0 Å². The number of benzene rings is 1. The number of amides is 1. The summed E-state index contributed by atoms with van der Waals surface area (Å²) in [7, 11) is 0. The summed E-state index contributed by atoms with van der Waals surface area (Å²) >= 11 is 0. The highest BCUT2D eigenvalue weighted by Gasteiger charge is 2.31. The Morgan fingerprint density at radius 2 is 1.71 bits per heavy atom. The Morgan fingerprint density at radius 3 is 2.44 bits per heavy atom. The molecule has 2 aliphatic rings. The maximum absolute atomic E-state index is 13.0. The third-order valence-electron chi connectivity index (χ3n) is 6.52. The van der Waals surface area contributed by atoms with E-state index in [1.54, 1.807) is 21.8 Å². The van der Waals surface area contributed by atoms with Crippen LogP contribution in [0, 0.1) is 0 Å². The Morgan fingerprint density at radius 1 is 0.941 bits per heavy atom. The highest BCUT2D eigenvalue weighted by Crippen LogP contribution is 2.32. The molecule has 4 heterocycles. The molecule has 0 aliphatic carbocycles. The van der Waals surface area contributed by atoms with E-state index in [2.05, 4.69) is 20.0 Å². The van der Waals surface area contributed by atoms with Gasteiger partial charge in [0.25, 0.3) is 0 Å². The molecule has 0 atom stereocenters. The standard InChI is InChI=1S/C23H26F3N7O/c24-23(25,26)17-5-4-6-18(13-17)30-9-11-31(12-10-30)20(34)15-33-22-19(14-29-33)21(27-16-28-22)32-7-2-1-3-8-32/h4-6,13-14,16H,1-3,7-12,15H2. The SMILES string of the molecule is O=C(Cn1ncc2c(N3CCCCC3)ncnc21)N1CCN(c2cccc(C(F)(F)F)c2)CC1. The van der Waals surface area contributed by atoms with Crippen LogP contribution in [0.2, 0.25) is 0 Å². The summed E-state index contributed by atoms with van der Waals surface area (Å²) in [6.07, 6.45) is 2.34. The molecule has 0 spiro atoms. The van der Waals surface area contributed by atoms with Crippen molar-refractivity contribution in [3.63, 3.8) is 0 Å². The van der Waals surface area contributed by atoms with Gasteiger partial charge in [-0.15, -0.1) is 0 Å². The van der Waals surface area contributed by atoms with Crippen LogP contribution >= 0.6 is 0 Å². The third kappa shape index (κ3) is 4.51. The fourth-order valence-electron chi connectivity index (χ4n) is 4.68. The number of carbonyl (C=O) groups is 1. The molecule has 34 heavy (non-hydrogen) atoms. The Labute approximate surface area is 195 Å². The zero-order chi connectivity index (χ0) is 23.7. The number of anilines is 2. The first-order valence-corrected chi connectivity index (χ1v) is 11.5. The highest BCUT2D eigenvalue weighted by atomic mass is 19.4. The van der Waals surface area contributed by atoms with Gasteiger partial charge in [-0.3, -0.25) is 4.79 Å². The smallest absolute Gasteiger partial charge is 0.368 e. The van der Waals surface area contributed by atoms with Crippen LogP contribution < -0.4 is 9.80 Å². The van der Waals surface area contributed by atoms with Crippen molar-refractivity contribution in [3.8, 4) is 0 Å². The topological polar surface area (TPSA) is 70.4 Å². The van der Waals surface area contributed by atoms with E-state index in [1.807, 2.05) is 4.90 Å². The number of piperidine rings is 1. The number of rotatable bonds is 4. The molecule has 0 saturated carbocycles. The van der Waals surface area contributed by atoms with Crippen molar-refractivity contribution in [1.29, 1.82) is 0 Å². The molecule has 3 aromatic rings. The molecular formula is C23H26F3N7O. The third-order valence-corrected chi connectivity index (χ3v) is 6.52. The maximum Gasteiger partial charge on any atom is 0.416 e. The summed E-state index contributed by atoms with van der Waals surface area (Å²) in [5.74, 6) is 0.768. The van der Waals surface area contributed by atoms with Crippen LogP contribution in [0.15, 0.2) is 36.8 Å². The number of halogens is 3. The molecule has 1 amide bonds. The van der Waals surface area contributed by atoms with Gasteiger partial charge in [-0.25, -0.2) is 14.6 Å². The van der Waals surface area contributed by atoms with Gasteiger partial charge < -0.3 is 14.7 Å². The zero-order valence-corrected chi connectivity index (χ0v) is 18.7. The normalized spacial score (nSPS) is 17.4. The monoisotopic (exact) mass is 473 g/mol. The van der Waals surface area contributed by atoms with Crippen LogP contribution in [0.3, 0.4) is 0 Å². The van der Waals surface area contributed by atoms with Crippen LogP contribution in [0.25, 0.3) is 11.0 Å². The molecule has 0 N–H and O–H groups in total. The van der Waals surface area contributed by atoms with Gasteiger partial charge in [0.05, 0.1) is 17.1 Å². The van der Waals surface area contributed by atoms with E-state index >= 15 is 0 Å². The zero-order valence-electron chi connectivity index (χ0n) is 18.7. The molecule has 0 unspecified atom stereocenters. The second-order valence-corrected chi connectivity index (χ2v) is 8.70. The van der Waals surface area contributed by atoms with Gasteiger partial charge in [0.2, 0.25) is 5.91 Å². The molecule has 2 saturated heterocycles. The van der Waals surface area contributed by atoms with Gasteiger partial charge in [0.15, 0.2) is 5.65 Å². The number of piperazine rings is 1. The van der Waals surface area contributed by atoms with Crippen molar-refractivity contribution in [1.82, 2.24) is 24.6 Å². The Hall–Kier alpha value is -3.37. The van der Waals surface area contributed by atoms with Crippen molar-refractivity contribution < 1.29 is 18.0 Å². The van der Waals surface area contributed by atoms with Crippen LogP contribution in [0.1, 0.15) is 24.8 Å². The van der Waals surface area contributed by atoms with E-state index in [0.29, 0.717) is 37.5 Å². The molecule has 0 radical (unpaired) electrons. The number of hydrogen-bond acceptors (Lipinski definition) is 6. The number of carbonyl (C=O) groups excluding carboxylic acids is 1. The summed E-state index contributed by atoms with van der Waals surface area (Å²) in [6.45, 7) is 3.76. The summed E-state index contributed by atoms with van der Waals surface area (Å²) in [4.78, 5) is 27.6. The molecule has 0 bridgehead atoms. The Bertz CT molecular complexity index is 1160. The van der Waals surface area contributed by atoms with Gasteiger partial charge >= 0.3 is 6.18 Å². The lowest BCUT2D eigenvalue weighted by Crippen LogP contribution is -2.49. The van der Waals surface area contributed by atoms with Crippen LogP contribution in [-0.2, 0) is 17.5 Å². The second kappa shape index (κ2) is 9.11. The molecule has 2 aliphatic heterocycles. The van der Waals surface area contributed by atoms with Crippen LogP contribution in [0.5, 0.6) is 0 Å². The average Bonchev–Trinajstić information content (AvgIpc) is 3.27. The predicted molar refractivity (Wildman–Crippen MR) is 122 cm³/mol. The van der Waals surface area contributed by atoms with E-state index in [-0.39, 0.29) is 12.5 Å². The molecule has 180 valence electrons. The number of alkyl halides is 3. The molecule has 11 heteroatoms. The van der Waals surface area contributed by atoms with Crippen molar-refractivity contribution in [2.24, 2.45) is 0 Å². The quantitative estimate of drug-likeness (QED) is 0.580. The molecule has 1 aromatic carbocycles. The Balaban J connectivity index is 1.24. The van der Waals surface area contributed by atoms with Gasteiger partial charge in [-0.1, -0.05) is 6.07 Å². The summed E-state index contributed by atoms with van der Waals surface area (Å²) in [5.41, 5.74) is 0.480. The minimum absolute atomic E-state index is 0.0590. The number of aromatic nitrogens is 4. The van der Waals surface area contributed by atoms with Crippen LogP contribution in [0.4, 0.5) is 24.7 Å². The van der Waals surface area contributed by atoms with Crippen molar-refractivity contribution in [3.05, 3.63) is 42.4 Å². The summed E-state index contributed by atoms with van der Waals surface area (Å²) in [5, 5.41) is 5.24. The van der Waals surface area contributed by atoms with Crippen LogP contribution in [-0.4, -0.2) is 69.8 Å². The molecule has 8 nitrogen and oxygen atoms in total. The summed E-state index contributed by atoms with van der Waals surface area (Å²) < 4.78 is 40.7. The Kier molecular flexibility index (Phi) is 6.01. The predicted octanol–water partition coefficient (Wildman–Crippen LogP) is 3.18. The second-order valence-electron chi connectivity index (χ2n) is 8.70. The number of hydrogen-bond donors (Lipinski definition) is 0.